The van der Waals surface area contributed by atoms with E-state index in [-0.39, 0.29) is 11.2 Å². The first-order valence-electron chi connectivity index (χ1n) is 6.36. The number of hydrogen-bond acceptors (Lipinski definition) is 0. The van der Waals surface area contributed by atoms with Gasteiger partial charge in [-0.2, -0.15) is 0 Å². The molecule has 0 saturated carbocycles. The predicted molar refractivity (Wildman–Crippen MR) is 85.3 cm³/mol. The third-order valence-electron chi connectivity index (χ3n) is 3.65. The molecule has 2 aromatic carbocycles. The average Bonchev–Trinajstić information content (AvgIpc) is 2.85. The molecule has 0 amide bonds. The van der Waals surface area contributed by atoms with E-state index >= 15 is 0 Å². The van der Waals surface area contributed by atoms with Gasteiger partial charge in [0.2, 0.25) is 0 Å². The fraction of sp³-hybridized carbons (Fsp3) is 0.250. The molecule has 3 rings (SSSR count). The van der Waals surface area contributed by atoms with Crippen molar-refractivity contribution >= 4 is 34.2 Å². The van der Waals surface area contributed by atoms with Crippen molar-refractivity contribution in [1.29, 1.82) is 0 Å². The van der Waals surface area contributed by atoms with Crippen LogP contribution >= 0.6 is 34.2 Å². The molecular weight excluding hydrogens is 374 g/mol. The van der Waals surface area contributed by atoms with Crippen LogP contribution in [0.1, 0.15) is 34.1 Å². The number of benzene rings is 2. The summed E-state index contributed by atoms with van der Waals surface area (Å²) in [4.78, 5) is 0. The predicted octanol–water partition coefficient (Wildman–Crippen LogP) is 5.25. The first-order chi connectivity index (χ1) is 9.15. The number of hydrogen-bond donors (Lipinski definition) is 0. The molecule has 0 saturated heterocycles. The maximum Gasteiger partial charge on any atom is 0.124 e. The summed E-state index contributed by atoms with van der Waals surface area (Å²) in [5.41, 5.74) is 4.94. The molecular formula is C16H13ClFI. The van der Waals surface area contributed by atoms with E-state index in [1.165, 1.54) is 36.1 Å². The second-order valence-electron chi connectivity index (χ2n) is 4.91. The Hall–Kier alpha value is -0.610. The van der Waals surface area contributed by atoms with E-state index in [2.05, 4.69) is 40.8 Å². The lowest BCUT2D eigenvalue weighted by Crippen LogP contribution is -1.98. The fourth-order valence-corrected chi connectivity index (χ4v) is 3.93. The molecule has 0 bridgehead atoms. The highest BCUT2D eigenvalue weighted by Gasteiger charge is 2.17. The zero-order valence-corrected chi connectivity index (χ0v) is 13.2. The Labute approximate surface area is 131 Å². The summed E-state index contributed by atoms with van der Waals surface area (Å²) < 4.78 is 14.0. The Balaban J connectivity index is 1.97. The third-order valence-corrected chi connectivity index (χ3v) is 5.07. The summed E-state index contributed by atoms with van der Waals surface area (Å²) in [5, 5.41) is -0.210. The molecule has 0 spiro atoms. The maximum absolute atomic E-state index is 13.1. The highest BCUT2D eigenvalue weighted by molar-refractivity contribution is 14.1. The molecule has 0 heterocycles. The van der Waals surface area contributed by atoms with Gasteiger partial charge in [0.05, 0.1) is 5.38 Å². The van der Waals surface area contributed by atoms with Crippen LogP contribution in [0.5, 0.6) is 0 Å². The number of halogens is 3. The zero-order chi connectivity index (χ0) is 13.4. The molecule has 19 heavy (non-hydrogen) atoms. The van der Waals surface area contributed by atoms with Gasteiger partial charge in [-0.15, -0.1) is 11.6 Å². The summed E-state index contributed by atoms with van der Waals surface area (Å²) in [6.45, 7) is 0. The Morgan fingerprint density at radius 1 is 1.05 bits per heavy atom. The normalized spacial score (nSPS) is 15.3. The van der Waals surface area contributed by atoms with Crippen LogP contribution in [0.4, 0.5) is 4.39 Å². The number of fused-ring (bicyclic) bond motifs is 1. The van der Waals surface area contributed by atoms with Crippen molar-refractivity contribution in [3.05, 3.63) is 68.0 Å². The first-order valence-corrected chi connectivity index (χ1v) is 7.87. The van der Waals surface area contributed by atoms with Crippen LogP contribution in [-0.4, -0.2) is 0 Å². The minimum atomic E-state index is -0.217. The second kappa shape index (κ2) is 5.41. The number of alkyl halides is 1. The van der Waals surface area contributed by atoms with E-state index in [1.807, 2.05) is 0 Å². The molecule has 3 heteroatoms. The van der Waals surface area contributed by atoms with Gasteiger partial charge >= 0.3 is 0 Å². The van der Waals surface area contributed by atoms with Crippen LogP contribution in [-0.2, 0) is 12.8 Å². The van der Waals surface area contributed by atoms with Crippen LogP contribution < -0.4 is 0 Å². The average molecular weight is 387 g/mol. The Morgan fingerprint density at radius 2 is 1.84 bits per heavy atom. The topological polar surface area (TPSA) is 0 Å². The van der Waals surface area contributed by atoms with Gasteiger partial charge in [-0.1, -0.05) is 24.3 Å². The molecule has 0 N–H and O–H groups in total. The van der Waals surface area contributed by atoms with Crippen LogP contribution in [0.25, 0.3) is 0 Å². The van der Waals surface area contributed by atoms with Crippen molar-refractivity contribution in [2.75, 3.05) is 0 Å². The quantitative estimate of drug-likeness (QED) is 0.489. The van der Waals surface area contributed by atoms with Crippen LogP contribution in [0.2, 0.25) is 0 Å². The molecule has 0 radical (unpaired) electrons. The first kappa shape index (κ1) is 13.4. The minimum absolute atomic E-state index is 0.210. The molecule has 1 unspecified atom stereocenters. The molecule has 2 aromatic rings. The highest BCUT2D eigenvalue weighted by Crippen LogP contribution is 2.34. The zero-order valence-electron chi connectivity index (χ0n) is 10.3. The Kier molecular flexibility index (Phi) is 3.81. The van der Waals surface area contributed by atoms with E-state index < -0.39 is 0 Å². The lowest BCUT2D eigenvalue weighted by atomic mass is 10.00. The van der Waals surface area contributed by atoms with Crippen molar-refractivity contribution < 1.29 is 4.39 Å². The maximum atomic E-state index is 13.1. The van der Waals surface area contributed by atoms with Crippen molar-refractivity contribution in [3.8, 4) is 0 Å². The largest absolute Gasteiger partial charge is 0.207 e. The fourth-order valence-electron chi connectivity index (χ4n) is 2.64. The summed E-state index contributed by atoms with van der Waals surface area (Å²) >= 11 is 8.70. The molecule has 98 valence electrons. The van der Waals surface area contributed by atoms with Crippen molar-refractivity contribution in [2.24, 2.45) is 0 Å². The summed E-state index contributed by atoms with van der Waals surface area (Å²) in [7, 11) is 0. The smallest absolute Gasteiger partial charge is 0.124 e. The Bertz CT molecular complexity index is 624. The van der Waals surface area contributed by atoms with Gasteiger partial charge in [0, 0.05) is 3.57 Å². The summed E-state index contributed by atoms with van der Waals surface area (Å²) in [6.07, 6.45) is 3.56. The molecule has 0 nitrogen and oxygen atoms in total. The molecule has 1 aliphatic carbocycles. The third kappa shape index (κ3) is 2.65. The SMILES string of the molecule is Fc1ccc(C(Cl)c2ccc3c(c2)CCC3)c(I)c1. The van der Waals surface area contributed by atoms with Gasteiger partial charge in [0.15, 0.2) is 0 Å². The van der Waals surface area contributed by atoms with Gasteiger partial charge < -0.3 is 0 Å². The molecule has 0 aromatic heterocycles. The van der Waals surface area contributed by atoms with Crippen molar-refractivity contribution in [3.63, 3.8) is 0 Å². The standard InChI is InChI=1S/C16H13ClFI/c17-16(14-7-6-13(18)9-15(14)19)12-5-4-10-2-1-3-11(10)8-12/h4-9,16H,1-3H2. The lowest BCUT2D eigenvalue weighted by molar-refractivity contribution is 0.626. The van der Waals surface area contributed by atoms with Gasteiger partial charge in [-0.3, -0.25) is 0 Å². The molecule has 0 aliphatic heterocycles. The van der Waals surface area contributed by atoms with Crippen LogP contribution in [0, 0.1) is 9.39 Å². The van der Waals surface area contributed by atoms with E-state index in [1.54, 1.807) is 6.07 Å². The molecule has 0 fully saturated rings. The second-order valence-corrected chi connectivity index (χ2v) is 6.51. The van der Waals surface area contributed by atoms with E-state index in [0.29, 0.717) is 0 Å². The lowest BCUT2D eigenvalue weighted by Gasteiger charge is -2.14. The van der Waals surface area contributed by atoms with Gasteiger partial charge in [0.25, 0.3) is 0 Å². The molecule has 1 atom stereocenters. The van der Waals surface area contributed by atoms with E-state index in [4.69, 9.17) is 11.6 Å². The number of rotatable bonds is 2. The van der Waals surface area contributed by atoms with E-state index in [9.17, 15) is 4.39 Å². The van der Waals surface area contributed by atoms with Crippen molar-refractivity contribution in [1.82, 2.24) is 0 Å². The summed E-state index contributed by atoms with van der Waals surface area (Å²) in [6, 6.07) is 11.3. The highest BCUT2D eigenvalue weighted by atomic mass is 127. The molecule has 1 aliphatic rings. The Morgan fingerprint density at radius 3 is 2.63 bits per heavy atom. The monoisotopic (exact) mass is 386 g/mol. The van der Waals surface area contributed by atoms with Gasteiger partial charge in [-0.05, 0) is 76.2 Å². The van der Waals surface area contributed by atoms with Crippen LogP contribution in [0.15, 0.2) is 36.4 Å². The summed E-state index contributed by atoms with van der Waals surface area (Å²) in [5.74, 6) is -0.217. The van der Waals surface area contributed by atoms with Gasteiger partial charge in [0.1, 0.15) is 5.82 Å². The van der Waals surface area contributed by atoms with Crippen molar-refractivity contribution in [2.45, 2.75) is 24.6 Å². The van der Waals surface area contributed by atoms with Crippen LogP contribution in [0.3, 0.4) is 0 Å². The minimum Gasteiger partial charge on any atom is -0.207 e. The van der Waals surface area contributed by atoms with E-state index in [0.717, 1.165) is 21.1 Å². The van der Waals surface area contributed by atoms with Gasteiger partial charge in [-0.25, -0.2) is 4.39 Å². The number of aryl methyl sites for hydroxylation is 2.